The molecule has 2 aliphatic heterocycles. The molecule has 2 heterocycles. The Labute approximate surface area is 192 Å². The topological polar surface area (TPSA) is 99.3 Å². The van der Waals surface area contributed by atoms with Crippen LogP contribution in [0.4, 0.5) is 0 Å². The summed E-state index contributed by atoms with van der Waals surface area (Å²) in [6.07, 6.45) is -0.335. The third-order valence-corrected chi connectivity index (χ3v) is 7.72. The minimum absolute atomic E-state index is 0.167. The summed E-state index contributed by atoms with van der Waals surface area (Å²) in [5.74, 6) is -0.768. The van der Waals surface area contributed by atoms with Gasteiger partial charge in [0.1, 0.15) is 0 Å². The van der Waals surface area contributed by atoms with Crippen molar-refractivity contribution in [3.8, 4) is 0 Å². The Kier molecular flexibility index (Phi) is 7.82. The van der Waals surface area contributed by atoms with Crippen LogP contribution in [0.1, 0.15) is 24.2 Å². The number of ether oxygens (including phenoxy) is 1. The average molecular weight is 493 g/mol. The third-order valence-electron chi connectivity index (χ3n) is 5.21. The molecule has 0 aliphatic carbocycles. The van der Waals surface area contributed by atoms with Crippen molar-refractivity contribution in [2.45, 2.75) is 26.1 Å². The van der Waals surface area contributed by atoms with Crippen molar-refractivity contribution in [2.24, 2.45) is 0 Å². The van der Waals surface area contributed by atoms with Crippen LogP contribution in [0.2, 0.25) is 10.0 Å². The van der Waals surface area contributed by atoms with Crippen molar-refractivity contribution >= 4 is 45.2 Å². The number of carbonyl (C=O) groups is 2. The maximum absolute atomic E-state index is 12.9. The number of rotatable bonds is 5. The molecule has 0 aromatic heterocycles. The Hall–Kier alpha value is -1.43. The van der Waals surface area contributed by atoms with Crippen molar-refractivity contribution < 1.29 is 22.7 Å². The van der Waals surface area contributed by atoms with E-state index in [4.69, 9.17) is 27.9 Å². The van der Waals surface area contributed by atoms with Crippen molar-refractivity contribution in [1.29, 1.82) is 0 Å². The summed E-state index contributed by atoms with van der Waals surface area (Å²) in [7, 11) is -3.62. The second-order valence-corrected chi connectivity index (χ2v) is 10.4. The fraction of sp³-hybridized carbons (Fsp3) is 0.579. The van der Waals surface area contributed by atoms with Crippen LogP contribution < -0.4 is 5.32 Å². The average Bonchev–Trinajstić information content (AvgIpc) is 2.71. The van der Waals surface area contributed by atoms with Crippen molar-refractivity contribution in [2.75, 3.05) is 45.8 Å². The highest BCUT2D eigenvalue weighted by Gasteiger charge is 2.37. The Morgan fingerprint density at radius 2 is 1.68 bits per heavy atom. The summed E-state index contributed by atoms with van der Waals surface area (Å²) in [6.45, 7) is 5.02. The lowest BCUT2D eigenvalue weighted by atomic mass is 10.2. The van der Waals surface area contributed by atoms with Gasteiger partial charge in [-0.25, -0.2) is 0 Å². The van der Waals surface area contributed by atoms with Gasteiger partial charge < -0.3 is 15.0 Å². The molecule has 2 atom stereocenters. The first kappa shape index (κ1) is 24.2. The molecule has 12 heteroatoms. The van der Waals surface area contributed by atoms with Crippen LogP contribution in [0.3, 0.4) is 0 Å². The van der Waals surface area contributed by atoms with Gasteiger partial charge in [-0.2, -0.15) is 17.0 Å². The monoisotopic (exact) mass is 492 g/mol. The van der Waals surface area contributed by atoms with Crippen molar-refractivity contribution in [3.05, 3.63) is 33.8 Å². The molecular formula is C19H26Cl2N4O5S. The zero-order valence-electron chi connectivity index (χ0n) is 17.4. The van der Waals surface area contributed by atoms with E-state index >= 15 is 0 Å². The quantitative estimate of drug-likeness (QED) is 0.665. The van der Waals surface area contributed by atoms with Crippen LogP contribution in [0, 0.1) is 0 Å². The Bertz CT molecular complexity index is 927. The molecular weight excluding hydrogens is 467 g/mol. The normalized spacial score (nSPS) is 23.5. The first-order chi connectivity index (χ1) is 14.6. The van der Waals surface area contributed by atoms with Gasteiger partial charge in [-0.15, -0.1) is 0 Å². The van der Waals surface area contributed by atoms with Gasteiger partial charge in [-0.05, 0) is 32.0 Å². The lowest BCUT2D eigenvalue weighted by Gasteiger charge is -2.40. The molecule has 3 rings (SSSR count). The van der Waals surface area contributed by atoms with Crippen LogP contribution in [-0.4, -0.2) is 91.8 Å². The molecule has 2 fully saturated rings. The van der Waals surface area contributed by atoms with Gasteiger partial charge in [0.2, 0.25) is 5.91 Å². The SMILES string of the molecule is CC1CN(S(=O)(=O)N2CCN(C(=O)CNC(=O)c3ccc(Cl)cc3Cl)CC2)CC(C)O1. The maximum atomic E-state index is 12.9. The Morgan fingerprint density at radius 3 is 2.26 bits per heavy atom. The summed E-state index contributed by atoms with van der Waals surface area (Å²) >= 11 is 11.8. The summed E-state index contributed by atoms with van der Waals surface area (Å²) < 4.78 is 34.4. The van der Waals surface area contributed by atoms with E-state index in [1.165, 1.54) is 20.7 Å². The van der Waals surface area contributed by atoms with Gasteiger partial charge in [0, 0.05) is 44.3 Å². The van der Waals surface area contributed by atoms with E-state index in [1.54, 1.807) is 11.0 Å². The van der Waals surface area contributed by atoms with Crippen LogP contribution in [0.15, 0.2) is 18.2 Å². The highest BCUT2D eigenvalue weighted by molar-refractivity contribution is 7.86. The highest BCUT2D eigenvalue weighted by Crippen LogP contribution is 2.21. The second-order valence-electron chi connectivity index (χ2n) is 7.67. The van der Waals surface area contributed by atoms with Crippen LogP contribution in [0.5, 0.6) is 0 Å². The molecule has 0 bridgehead atoms. The zero-order valence-corrected chi connectivity index (χ0v) is 19.7. The Morgan fingerprint density at radius 1 is 1.06 bits per heavy atom. The van der Waals surface area contributed by atoms with Crippen LogP contribution in [0.25, 0.3) is 0 Å². The summed E-state index contributed by atoms with van der Waals surface area (Å²) in [6, 6.07) is 4.48. The number of halogens is 2. The molecule has 0 spiro atoms. The first-order valence-corrected chi connectivity index (χ1v) is 12.1. The summed E-state index contributed by atoms with van der Waals surface area (Å²) in [5, 5.41) is 3.15. The lowest BCUT2D eigenvalue weighted by molar-refractivity contribution is -0.131. The number of nitrogens with one attached hydrogen (secondary N) is 1. The predicted molar refractivity (Wildman–Crippen MR) is 117 cm³/mol. The highest BCUT2D eigenvalue weighted by atomic mass is 35.5. The molecule has 1 aromatic rings. The number of amides is 2. The molecule has 2 amide bonds. The van der Waals surface area contributed by atoms with E-state index in [0.29, 0.717) is 18.1 Å². The minimum atomic E-state index is -3.62. The number of hydrogen-bond donors (Lipinski definition) is 1. The molecule has 2 saturated heterocycles. The van der Waals surface area contributed by atoms with Gasteiger partial charge >= 0.3 is 0 Å². The molecule has 0 saturated carbocycles. The van der Waals surface area contributed by atoms with Gasteiger partial charge in [0.05, 0.1) is 29.3 Å². The molecule has 0 radical (unpaired) electrons. The Balaban J connectivity index is 1.51. The largest absolute Gasteiger partial charge is 0.373 e. The lowest BCUT2D eigenvalue weighted by Crippen LogP contribution is -2.58. The summed E-state index contributed by atoms with van der Waals surface area (Å²) in [4.78, 5) is 26.3. The number of nitrogens with zero attached hydrogens (tertiary/aromatic N) is 3. The zero-order chi connectivity index (χ0) is 22.8. The third kappa shape index (κ3) is 5.88. The van der Waals surface area contributed by atoms with Crippen LogP contribution >= 0.6 is 23.2 Å². The fourth-order valence-electron chi connectivity index (χ4n) is 3.69. The fourth-order valence-corrected chi connectivity index (χ4v) is 5.93. The number of morpholine rings is 1. The molecule has 2 aliphatic rings. The standard InChI is InChI=1S/C19H26Cl2N4O5S/c1-13-11-25(12-14(2)30-13)31(28,29)24-7-5-23(6-8-24)18(26)10-22-19(27)16-4-3-15(20)9-17(16)21/h3-4,9,13-14H,5-8,10-12H2,1-2H3,(H,22,27). The van der Waals surface area contributed by atoms with E-state index < -0.39 is 16.1 Å². The van der Waals surface area contributed by atoms with Crippen molar-refractivity contribution in [3.63, 3.8) is 0 Å². The smallest absolute Gasteiger partial charge is 0.282 e. The van der Waals surface area contributed by atoms with E-state index in [2.05, 4.69) is 5.32 Å². The number of carbonyl (C=O) groups excluding carboxylic acids is 2. The van der Waals surface area contributed by atoms with E-state index in [9.17, 15) is 18.0 Å². The molecule has 31 heavy (non-hydrogen) atoms. The molecule has 1 N–H and O–H groups in total. The van der Waals surface area contributed by atoms with Crippen LogP contribution in [-0.2, 0) is 19.7 Å². The summed E-state index contributed by atoms with van der Waals surface area (Å²) in [5.41, 5.74) is 0.226. The van der Waals surface area contributed by atoms with E-state index in [1.807, 2.05) is 13.8 Å². The first-order valence-electron chi connectivity index (χ1n) is 9.99. The number of piperazine rings is 1. The van der Waals surface area contributed by atoms with E-state index in [0.717, 1.165) is 0 Å². The molecule has 1 aromatic carbocycles. The maximum Gasteiger partial charge on any atom is 0.282 e. The van der Waals surface area contributed by atoms with Gasteiger partial charge in [-0.3, -0.25) is 9.59 Å². The molecule has 172 valence electrons. The van der Waals surface area contributed by atoms with Gasteiger partial charge in [-0.1, -0.05) is 23.2 Å². The van der Waals surface area contributed by atoms with Gasteiger partial charge in [0.25, 0.3) is 16.1 Å². The predicted octanol–water partition coefficient (Wildman–Crippen LogP) is 1.22. The number of hydrogen-bond acceptors (Lipinski definition) is 5. The minimum Gasteiger partial charge on any atom is -0.373 e. The molecule has 9 nitrogen and oxygen atoms in total. The van der Waals surface area contributed by atoms with Crippen molar-refractivity contribution in [1.82, 2.24) is 18.8 Å². The second kappa shape index (κ2) is 10.0. The molecule has 2 unspecified atom stereocenters. The number of benzene rings is 1. The van der Waals surface area contributed by atoms with Gasteiger partial charge in [0.15, 0.2) is 0 Å². The van der Waals surface area contributed by atoms with E-state index in [-0.39, 0.29) is 61.4 Å².